The van der Waals surface area contributed by atoms with Crippen LogP contribution in [0.4, 0.5) is 0 Å². The van der Waals surface area contributed by atoms with Crippen molar-refractivity contribution in [2.24, 2.45) is 0 Å². The molecule has 102 valence electrons. The zero-order valence-electron chi connectivity index (χ0n) is 10.6. The van der Waals surface area contributed by atoms with E-state index >= 15 is 0 Å². The molecule has 20 heavy (non-hydrogen) atoms. The Bertz CT molecular complexity index is 774. The molecule has 3 rings (SSSR count). The smallest absolute Gasteiger partial charge is 0.156 e. The highest BCUT2D eigenvalue weighted by Gasteiger charge is 2.11. The minimum atomic E-state index is -0.131. The SMILES string of the molecule is Cc1ncc(CO)nc1Sc1ccn2ccnc2c1Cl. The first-order chi connectivity index (χ1) is 9.69. The highest BCUT2D eigenvalue weighted by atomic mass is 35.5. The van der Waals surface area contributed by atoms with Crippen LogP contribution in [0.3, 0.4) is 0 Å². The average Bonchev–Trinajstić information content (AvgIpc) is 2.93. The summed E-state index contributed by atoms with van der Waals surface area (Å²) in [5.41, 5.74) is 2.04. The molecule has 0 saturated carbocycles. The summed E-state index contributed by atoms with van der Waals surface area (Å²) in [6, 6.07) is 1.91. The number of aromatic nitrogens is 4. The average molecular weight is 307 g/mol. The van der Waals surface area contributed by atoms with E-state index in [1.54, 1.807) is 12.4 Å². The summed E-state index contributed by atoms with van der Waals surface area (Å²) in [5, 5.41) is 10.4. The predicted molar refractivity (Wildman–Crippen MR) is 77.0 cm³/mol. The second kappa shape index (κ2) is 5.40. The van der Waals surface area contributed by atoms with Crippen LogP contribution in [0.5, 0.6) is 0 Å². The lowest BCUT2D eigenvalue weighted by molar-refractivity contribution is 0.275. The van der Waals surface area contributed by atoms with Gasteiger partial charge in [-0.3, -0.25) is 4.98 Å². The molecule has 0 radical (unpaired) electrons. The predicted octanol–water partition coefficient (Wildman–Crippen LogP) is 2.73. The van der Waals surface area contributed by atoms with Gasteiger partial charge in [0.05, 0.1) is 29.2 Å². The number of hydrogen-bond acceptors (Lipinski definition) is 5. The van der Waals surface area contributed by atoms with Crippen molar-refractivity contribution in [1.29, 1.82) is 0 Å². The van der Waals surface area contributed by atoms with Gasteiger partial charge in [-0.15, -0.1) is 0 Å². The lowest BCUT2D eigenvalue weighted by Crippen LogP contribution is -1.97. The molecule has 0 aromatic carbocycles. The van der Waals surface area contributed by atoms with E-state index in [-0.39, 0.29) is 6.61 Å². The van der Waals surface area contributed by atoms with E-state index in [0.29, 0.717) is 16.4 Å². The highest BCUT2D eigenvalue weighted by Crippen LogP contribution is 2.35. The molecule has 0 amide bonds. The van der Waals surface area contributed by atoms with Crippen LogP contribution in [0.2, 0.25) is 5.02 Å². The van der Waals surface area contributed by atoms with Gasteiger partial charge in [0.1, 0.15) is 5.03 Å². The first-order valence-corrected chi connectivity index (χ1v) is 7.11. The molecule has 3 heterocycles. The number of hydrogen-bond donors (Lipinski definition) is 1. The third kappa shape index (κ3) is 2.37. The molecule has 0 spiro atoms. The van der Waals surface area contributed by atoms with Gasteiger partial charge in [-0.2, -0.15) is 0 Å². The Labute approximate surface area is 124 Å². The van der Waals surface area contributed by atoms with Crippen LogP contribution >= 0.6 is 23.4 Å². The molecular weight excluding hydrogens is 296 g/mol. The van der Waals surface area contributed by atoms with Crippen LogP contribution in [0, 0.1) is 6.92 Å². The Hall–Kier alpha value is -1.63. The zero-order valence-corrected chi connectivity index (χ0v) is 12.2. The molecule has 3 aromatic rings. The van der Waals surface area contributed by atoms with Gasteiger partial charge in [-0.05, 0) is 13.0 Å². The van der Waals surface area contributed by atoms with Crippen molar-refractivity contribution in [3.8, 4) is 0 Å². The Morgan fingerprint density at radius 2 is 2.20 bits per heavy atom. The number of aryl methyl sites for hydroxylation is 1. The monoisotopic (exact) mass is 306 g/mol. The summed E-state index contributed by atoms with van der Waals surface area (Å²) in [7, 11) is 0. The van der Waals surface area contributed by atoms with E-state index in [0.717, 1.165) is 15.6 Å². The van der Waals surface area contributed by atoms with Gasteiger partial charge in [0.15, 0.2) is 5.65 Å². The van der Waals surface area contributed by atoms with Gasteiger partial charge in [-0.25, -0.2) is 9.97 Å². The van der Waals surface area contributed by atoms with Crippen molar-refractivity contribution in [1.82, 2.24) is 19.4 Å². The maximum Gasteiger partial charge on any atom is 0.156 e. The standard InChI is InChI=1S/C13H11ClN4OS/c1-8-13(17-9(7-19)6-16-8)20-10-2-4-18-5-3-15-12(18)11(10)14/h2-6,19H,7H2,1H3. The van der Waals surface area contributed by atoms with E-state index in [1.165, 1.54) is 11.8 Å². The van der Waals surface area contributed by atoms with Crippen LogP contribution in [0.25, 0.3) is 5.65 Å². The molecule has 0 atom stereocenters. The molecule has 0 aliphatic carbocycles. The topological polar surface area (TPSA) is 63.3 Å². The van der Waals surface area contributed by atoms with Crippen LogP contribution < -0.4 is 0 Å². The molecule has 3 aromatic heterocycles. The third-order valence-corrected chi connectivity index (χ3v) is 4.42. The van der Waals surface area contributed by atoms with Gasteiger partial charge >= 0.3 is 0 Å². The molecule has 7 heteroatoms. The first-order valence-electron chi connectivity index (χ1n) is 5.91. The number of imidazole rings is 1. The van der Waals surface area contributed by atoms with Crippen LogP contribution in [-0.4, -0.2) is 24.5 Å². The van der Waals surface area contributed by atoms with Crippen LogP contribution in [0.1, 0.15) is 11.4 Å². The van der Waals surface area contributed by atoms with E-state index in [2.05, 4.69) is 15.0 Å². The molecular formula is C13H11ClN4OS. The second-order valence-corrected chi connectivity index (χ2v) is 5.57. The first kappa shape index (κ1) is 13.4. The quantitative estimate of drug-likeness (QED) is 0.806. The largest absolute Gasteiger partial charge is 0.390 e. The van der Waals surface area contributed by atoms with Gasteiger partial charge in [0, 0.05) is 23.5 Å². The molecule has 5 nitrogen and oxygen atoms in total. The number of aliphatic hydroxyl groups is 1. The van der Waals surface area contributed by atoms with Crippen molar-refractivity contribution < 1.29 is 5.11 Å². The number of nitrogens with zero attached hydrogens (tertiary/aromatic N) is 4. The fourth-order valence-electron chi connectivity index (χ4n) is 1.76. The van der Waals surface area contributed by atoms with Crippen LogP contribution in [0.15, 0.2) is 40.8 Å². The van der Waals surface area contributed by atoms with Crippen molar-refractivity contribution in [2.45, 2.75) is 23.5 Å². The minimum absolute atomic E-state index is 0.131. The van der Waals surface area contributed by atoms with Crippen molar-refractivity contribution in [3.63, 3.8) is 0 Å². The minimum Gasteiger partial charge on any atom is -0.390 e. The van der Waals surface area contributed by atoms with Gasteiger partial charge in [0.25, 0.3) is 0 Å². The molecule has 0 saturated heterocycles. The van der Waals surface area contributed by atoms with Crippen molar-refractivity contribution >= 4 is 29.0 Å². The van der Waals surface area contributed by atoms with Gasteiger partial charge in [0.2, 0.25) is 0 Å². The van der Waals surface area contributed by atoms with Gasteiger partial charge < -0.3 is 9.51 Å². The Kier molecular flexibility index (Phi) is 3.60. The number of fused-ring (bicyclic) bond motifs is 1. The second-order valence-electron chi connectivity index (χ2n) is 4.16. The Morgan fingerprint density at radius 1 is 1.35 bits per heavy atom. The number of aliphatic hydroxyl groups excluding tert-OH is 1. The fraction of sp³-hybridized carbons (Fsp3) is 0.154. The molecule has 0 aliphatic rings. The molecule has 1 N–H and O–H groups in total. The lowest BCUT2D eigenvalue weighted by Gasteiger charge is -2.08. The van der Waals surface area contributed by atoms with E-state index in [9.17, 15) is 0 Å². The molecule has 0 aliphatic heterocycles. The maximum absolute atomic E-state index is 9.14. The number of pyridine rings is 1. The van der Waals surface area contributed by atoms with E-state index in [1.807, 2.05) is 29.8 Å². The summed E-state index contributed by atoms with van der Waals surface area (Å²) in [5.74, 6) is 0. The summed E-state index contributed by atoms with van der Waals surface area (Å²) < 4.78 is 1.86. The van der Waals surface area contributed by atoms with Crippen molar-refractivity contribution in [2.75, 3.05) is 0 Å². The van der Waals surface area contributed by atoms with Crippen molar-refractivity contribution in [3.05, 3.63) is 47.3 Å². The van der Waals surface area contributed by atoms with E-state index < -0.39 is 0 Å². The maximum atomic E-state index is 9.14. The van der Waals surface area contributed by atoms with Crippen LogP contribution in [-0.2, 0) is 6.61 Å². The highest BCUT2D eigenvalue weighted by molar-refractivity contribution is 7.99. The summed E-state index contributed by atoms with van der Waals surface area (Å²) in [4.78, 5) is 13.7. The summed E-state index contributed by atoms with van der Waals surface area (Å²) in [6.45, 7) is 1.74. The Balaban J connectivity index is 2.02. The molecule has 0 fully saturated rings. The van der Waals surface area contributed by atoms with E-state index in [4.69, 9.17) is 16.7 Å². The normalized spacial score (nSPS) is 11.2. The summed E-state index contributed by atoms with van der Waals surface area (Å²) >= 11 is 7.78. The summed E-state index contributed by atoms with van der Waals surface area (Å²) in [6.07, 6.45) is 7.01. The zero-order chi connectivity index (χ0) is 14.1. The Morgan fingerprint density at radius 3 is 3.00 bits per heavy atom. The fourth-order valence-corrected chi connectivity index (χ4v) is 2.96. The van der Waals surface area contributed by atoms with Gasteiger partial charge in [-0.1, -0.05) is 23.4 Å². The molecule has 0 unspecified atom stereocenters. The number of rotatable bonds is 3. The third-order valence-electron chi connectivity index (χ3n) is 2.80. The molecule has 0 bridgehead atoms. The lowest BCUT2D eigenvalue weighted by atomic mass is 10.4. The number of halogens is 1.